The molecule has 0 bridgehead atoms. The van der Waals surface area contributed by atoms with Gasteiger partial charge in [-0.25, -0.2) is 9.79 Å². The zero-order valence-corrected chi connectivity index (χ0v) is 19.5. The van der Waals surface area contributed by atoms with Gasteiger partial charge in [-0.2, -0.15) is 4.98 Å². The molecule has 1 saturated heterocycles. The maximum absolute atomic E-state index is 12.2. The molecule has 4 rings (SSSR count). The highest BCUT2D eigenvalue weighted by atomic mass is 16.6. The van der Waals surface area contributed by atoms with E-state index in [9.17, 15) is 4.79 Å². The number of nitrogens with zero attached hydrogens (tertiary/aromatic N) is 6. The molecule has 2 aliphatic rings. The molecule has 0 saturated carbocycles. The van der Waals surface area contributed by atoms with Crippen molar-refractivity contribution in [3.05, 3.63) is 48.4 Å². The van der Waals surface area contributed by atoms with Gasteiger partial charge in [-0.3, -0.25) is 14.7 Å². The van der Waals surface area contributed by atoms with Crippen molar-refractivity contribution >= 4 is 17.6 Å². The van der Waals surface area contributed by atoms with Crippen LogP contribution in [-0.4, -0.2) is 80.7 Å². The van der Waals surface area contributed by atoms with Crippen molar-refractivity contribution in [1.82, 2.24) is 24.6 Å². The number of carbonyl (C=O) groups is 1. The third kappa shape index (κ3) is 6.16. The predicted octanol–water partition coefficient (Wildman–Crippen LogP) is 3.22. The molecule has 0 atom stereocenters. The number of likely N-dealkylation sites (tertiary alicyclic amines) is 1. The van der Waals surface area contributed by atoms with Crippen LogP contribution in [0.2, 0.25) is 0 Å². The number of hydrogen-bond acceptors (Lipinski definition) is 6. The average molecular weight is 455 g/mol. The number of amidine groups is 1. The van der Waals surface area contributed by atoms with Crippen molar-refractivity contribution in [3.63, 3.8) is 0 Å². The van der Waals surface area contributed by atoms with Crippen LogP contribution >= 0.6 is 0 Å². The van der Waals surface area contributed by atoms with Gasteiger partial charge in [0.1, 0.15) is 23.8 Å². The predicted molar refractivity (Wildman–Crippen MR) is 127 cm³/mol. The van der Waals surface area contributed by atoms with Crippen molar-refractivity contribution in [2.24, 2.45) is 9.98 Å². The van der Waals surface area contributed by atoms with Gasteiger partial charge in [0.05, 0.1) is 6.10 Å². The number of ether oxygens (including phenoxy) is 2. The minimum atomic E-state index is -0.493. The number of piperidine rings is 1. The third-order valence-corrected chi connectivity index (χ3v) is 5.18. The van der Waals surface area contributed by atoms with E-state index in [1.165, 1.54) is 0 Å². The molecule has 1 fully saturated rings. The fraction of sp³-hybridized carbons (Fsp3) is 0.478. The Morgan fingerprint density at radius 1 is 1.27 bits per heavy atom. The SMILES string of the molecule is CN=C(COC1CCN(C(=O)OC(C)(C)C)CC1)N=C(C1=C[CH]1)c1nc(-n2cccc2)n[nH]1.[HH]. The summed E-state index contributed by atoms with van der Waals surface area (Å²) in [7, 11) is 1.70. The summed E-state index contributed by atoms with van der Waals surface area (Å²) in [5.74, 6) is 1.69. The molecule has 0 aromatic carbocycles. The maximum Gasteiger partial charge on any atom is 0.410 e. The summed E-state index contributed by atoms with van der Waals surface area (Å²) >= 11 is 0. The summed E-state index contributed by atoms with van der Waals surface area (Å²) in [6, 6.07) is 3.83. The van der Waals surface area contributed by atoms with Gasteiger partial charge in [0.15, 0.2) is 5.82 Å². The number of aliphatic imine (C=N–C) groups is 2. The maximum atomic E-state index is 12.2. The first-order valence-electron chi connectivity index (χ1n) is 11.1. The second-order valence-corrected chi connectivity index (χ2v) is 8.94. The van der Waals surface area contributed by atoms with Crippen LogP contribution in [0.3, 0.4) is 0 Å². The van der Waals surface area contributed by atoms with Gasteiger partial charge in [-0.1, -0.05) is 6.08 Å². The van der Waals surface area contributed by atoms with E-state index in [4.69, 9.17) is 14.5 Å². The van der Waals surface area contributed by atoms with Gasteiger partial charge < -0.3 is 14.4 Å². The minimum absolute atomic E-state index is 0. The van der Waals surface area contributed by atoms with Gasteiger partial charge in [0.2, 0.25) is 0 Å². The van der Waals surface area contributed by atoms with Crippen LogP contribution in [0.5, 0.6) is 0 Å². The zero-order valence-electron chi connectivity index (χ0n) is 19.5. The number of carbonyl (C=O) groups excluding carboxylic acids is 1. The highest BCUT2D eigenvalue weighted by molar-refractivity contribution is 6.19. The van der Waals surface area contributed by atoms with E-state index in [2.05, 4.69) is 20.2 Å². The largest absolute Gasteiger partial charge is 0.444 e. The molecule has 1 aliphatic carbocycles. The van der Waals surface area contributed by atoms with Crippen molar-refractivity contribution in [2.45, 2.75) is 45.3 Å². The number of nitrogens with one attached hydrogen (secondary N) is 1. The first kappa shape index (κ1) is 22.9. The van der Waals surface area contributed by atoms with Gasteiger partial charge >= 0.3 is 6.09 Å². The molecule has 2 aromatic heterocycles. The number of amides is 1. The van der Waals surface area contributed by atoms with E-state index in [1.54, 1.807) is 11.9 Å². The van der Waals surface area contributed by atoms with Gasteiger partial charge in [0.25, 0.3) is 5.95 Å². The standard InChI is InChI=1S/C23H30N7O3.H2/c1-23(2,3)33-22(31)30-13-9-17(10-14-30)32-15-18(24-4)25-19(16-7-8-16)20-26-21(28-27-20)29-11-5-6-12-29;/h5-8,11-12,17H,9-10,13-15H2,1-4H3,(H,26,27,28);1H. The van der Waals surface area contributed by atoms with E-state index < -0.39 is 5.60 Å². The lowest BCUT2D eigenvalue weighted by Crippen LogP contribution is -2.43. The quantitative estimate of drug-likeness (QED) is 0.532. The molecule has 1 N–H and O–H groups in total. The smallest absolute Gasteiger partial charge is 0.410 e. The number of allylic oxidation sites excluding steroid dienone is 2. The molecular weight excluding hydrogens is 422 g/mol. The van der Waals surface area contributed by atoms with Crippen LogP contribution in [-0.2, 0) is 9.47 Å². The number of hydrogen-bond donors (Lipinski definition) is 1. The second kappa shape index (κ2) is 9.70. The van der Waals surface area contributed by atoms with Gasteiger partial charge in [0, 0.05) is 40.4 Å². The van der Waals surface area contributed by atoms with Gasteiger partial charge in [-0.05, 0) is 51.3 Å². The van der Waals surface area contributed by atoms with E-state index in [-0.39, 0.29) is 20.2 Å². The Balaban J connectivity index is 0.00000324. The molecule has 1 amide bonds. The molecule has 1 radical (unpaired) electrons. The van der Waals surface area contributed by atoms with Crippen LogP contribution in [0.1, 0.15) is 40.9 Å². The highest BCUT2D eigenvalue weighted by Gasteiger charge is 2.28. The molecule has 0 unspecified atom stereocenters. The Morgan fingerprint density at radius 3 is 2.58 bits per heavy atom. The molecule has 2 aromatic rings. The summed E-state index contributed by atoms with van der Waals surface area (Å²) in [6.07, 6.45) is 8.96. The van der Waals surface area contributed by atoms with E-state index >= 15 is 0 Å². The summed E-state index contributed by atoms with van der Waals surface area (Å²) in [5.41, 5.74) is 1.18. The van der Waals surface area contributed by atoms with E-state index in [0.29, 0.717) is 36.4 Å². The summed E-state index contributed by atoms with van der Waals surface area (Å²) < 4.78 is 13.3. The Hall–Kier alpha value is -3.27. The number of rotatable bonds is 6. The summed E-state index contributed by atoms with van der Waals surface area (Å²) in [4.78, 5) is 27.5. The number of aromatic amines is 1. The van der Waals surface area contributed by atoms with Crippen LogP contribution in [0.25, 0.3) is 5.95 Å². The molecule has 33 heavy (non-hydrogen) atoms. The van der Waals surface area contributed by atoms with E-state index in [1.807, 2.05) is 62.4 Å². The second-order valence-electron chi connectivity index (χ2n) is 8.94. The topological polar surface area (TPSA) is 110 Å². The molecule has 0 spiro atoms. The average Bonchev–Trinajstić information content (AvgIpc) is 3.25. The van der Waals surface area contributed by atoms with Gasteiger partial charge in [-0.15, -0.1) is 5.10 Å². The molecule has 10 nitrogen and oxygen atoms in total. The monoisotopic (exact) mass is 454 g/mol. The van der Waals surface area contributed by atoms with Crippen molar-refractivity contribution in [2.75, 3.05) is 26.7 Å². The van der Waals surface area contributed by atoms with Crippen LogP contribution < -0.4 is 0 Å². The highest BCUT2D eigenvalue weighted by Crippen LogP contribution is 2.23. The normalized spacial score (nSPS) is 17.8. The molecule has 1 aliphatic heterocycles. The minimum Gasteiger partial charge on any atom is -0.444 e. The Labute approximate surface area is 194 Å². The van der Waals surface area contributed by atoms with Crippen LogP contribution in [0, 0.1) is 6.42 Å². The fourth-order valence-corrected chi connectivity index (χ4v) is 3.40. The van der Waals surface area contributed by atoms with Crippen molar-refractivity contribution in [1.29, 1.82) is 0 Å². The Morgan fingerprint density at radius 2 is 1.97 bits per heavy atom. The third-order valence-electron chi connectivity index (χ3n) is 5.18. The number of H-pyrrole nitrogens is 1. The molecule has 10 heteroatoms. The lowest BCUT2D eigenvalue weighted by Gasteiger charge is -2.33. The van der Waals surface area contributed by atoms with Crippen molar-refractivity contribution < 1.29 is 15.7 Å². The summed E-state index contributed by atoms with van der Waals surface area (Å²) in [6.45, 7) is 7.11. The zero-order chi connectivity index (χ0) is 23.4. The lowest BCUT2D eigenvalue weighted by atomic mass is 10.1. The first-order chi connectivity index (χ1) is 15.8. The molecular formula is C23H32N7O3. The molecule has 3 heterocycles. The first-order valence-corrected chi connectivity index (χ1v) is 11.1. The van der Waals surface area contributed by atoms with Crippen molar-refractivity contribution in [3.8, 4) is 5.95 Å². The summed E-state index contributed by atoms with van der Waals surface area (Å²) in [5, 5.41) is 7.24. The Bertz CT molecular complexity index is 1060. The fourth-order valence-electron chi connectivity index (χ4n) is 3.40. The van der Waals surface area contributed by atoms with Crippen LogP contribution in [0.15, 0.2) is 46.2 Å². The van der Waals surface area contributed by atoms with E-state index in [0.717, 1.165) is 18.4 Å². The lowest BCUT2D eigenvalue weighted by molar-refractivity contribution is -0.00292. The Kier molecular flexibility index (Phi) is 6.73. The molecule has 177 valence electrons. The van der Waals surface area contributed by atoms with Crippen LogP contribution in [0.4, 0.5) is 4.79 Å². The number of aromatic nitrogens is 4.